The molecule has 2 aromatic rings. The van der Waals surface area contributed by atoms with E-state index in [1.807, 2.05) is 13.2 Å². The number of ketones is 1. The normalized spacial score (nSPS) is 10.6. The number of hydrogen-bond acceptors (Lipinski definition) is 5. The van der Waals surface area contributed by atoms with Gasteiger partial charge in [0.25, 0.3) is 11.7 Å². The number of amides is 1. The second-order valence-electron chi connectivity index (χ2n) is 4.55. The minimum Gasteiger partial charge on any atom is -0.383 e. The number of thiophene rings is 1. The molecule has 0 saturated carbocycles. The molecule has 0 aromatic carbocycles. The fraction of sp³-hybridized carbons (Fsp3) is 0.357. The zero-order chi connectivity index (χ0) is 15.2. The maximum Gasteiger partial charge on any atom is 0.296 e. The van der Waals surface area contributed by atoms with Crippen molar-refractivity contribution in [1.82, 2.24) is 14.7 Å². The topological polar surface area (TPSA) is 64.4 Å². The van der Waals surface area contributed by atoms with E-state index in [-0.39, 0.29) is 0 Å². The molecular weight excluding hydrogens is 290 g/mol. The molecule has 0 saturated heterocycles. The van der Waals surface area contributed by atoms with E-state index in [9.17, 15) is 9.59 Å². The minimum atomic E-state index is -0.515. The summed E-state index contributed by atoms with van der Waals surface area (Å²) in [6.07, 6.45) is 3.51. The second-order valence-corrected chi connectivity index (χ2v) is 5.50. The average molecular weight is 307 g/mol. The van der Waals surface area contributed by atoms with Crippen LogP contribution < -0.4 is 0 Å². The number of carbonyl (C=O) groups excluding carboxylic acids is 2. The Morgan fingerprint density at radius 2 is 2.29 bits per heavy atom. The van der Waals surface area contributed by atoms with Crippen molar-refractivity contribution in [2.75, 3.05) is 20.3 Å². The van der Waals surface area contributed by atoms with Crippen molar-refractivity contribution in [3.8, 4) is 0 Å². The van der Waals surface area contributed by atoms with E-state index < -0.39 is 11.7 Å². The van der Waals surface area contributed by atoms with Gasteiger partial charge in [-0.3, -0.25) is 14.3 Å². The van der Waals surface area contributed by atoms with Crippen LogP contribution >= 0.6 is 11.3 Å². The molecule has 0 radical (unpaired) electrons. The van der Waals surface area contributed by atoms with Crippen LogP contribution in [-0.2, 0) is 23.1 Å². The van der Waals surface area contributed by atoms with Gasteiger partial charge in [-0.1, -0.05) is 6.07 Å². The number of nitrogens with zero attached hydrogens (tertiary/aromatic N) is 3. The van der Waals surface area contributed by atoms with Gasteiger partial charge < -0.3 is 9.64 Å². The smallest absolute Gasteiger partial charge is 0.296 e. The molecule has 0 unspecified atom stereocenters. The van der Waals surface area contributed by atoms with Crippen LogP contribution in [0.4, 0.5) is 0 Å². The molecule has 2 heterocycles. The van der Waals surface area contributed by atoms with E-state index in [0.29, 0.717) is 24.6 Å². The van der Waals surface area contributed by atoms with Gasteiger partial charge in [0.15, 0.2) is 0 Å². The van der Waals surface area contributed by atoms with Gasteiger partial charge in [0.2, 0.25) is 0 Å². The SMILES string of the molecule is COCCN(Cc1cnn(C)c1)C(=O)C(=O)c1cccs1. The molecule has 0 spiro atoms. The predicted molar refractivity (Wildman–Crippen MR) is 79.2 cm³/mol. The Morgan fingerprint density at radius 1 is 1.48 bits per heavy atom. The number of aryl methyl sites for hydroxylation is 1. The number of ether oxygens (including phenoxy) is 1. The van der Waals surface area contributed by atoms with Gasteiger partial charge in [-0.15, -0.1) is 11.3 Å². The van der Waals surface area contributed by atoms with Gasteiger partial charge in [-0.25, -0.2) is 0 Å². The third-order valence-electron chi connectivity index (χ3n) is 2.92. The minimum absolute atomic E-state index is 0.340. The van der Waals surface area contributed by atoms with Crippen LogP contribution in [-0.4, -0.2) is 46.6 Å². The van der Waals surface area contributed by atoms with E-state index in [1.165, 1.54) is 16.2 Å². The predicted octanol–water partition coefficient (Wildman–Crippen LogP) is 1.34. The Hall–Kier alpha value is -1.99. The van der Waals surface area contributed by atoms with Crippen molar-refractivity contribution in [3.05, 3.63) is 40.3 Å². The fourth-order valence-electron chi connectivity index (χ4n) is 1.88. The van der Waals surface area contributed by atoms with Gasteiger partial charge >= 0.3 is 0 Å². The molecule has 2 rings (SSSR count). The van der Waals surface area contributed by atoms with Crippen molar-refractivity contribution in [1.29, 1.82) is 0 Å². The molecular formula is C14H17N3O3S. The Bertz CT molecular complexity index is 607. The highest BCUT2D eigenvalue weighted by Crippen LogP contribution is 2.12. The second kappa shape index (κ2) is 7.14. The zero-order valence-electron chi connectivity index (χ0n) is 12.0. The standard InChI is InChI=1S/C14H17N3O3S/c1-16-9-11(8-15-16)10-17(5-6-20-2)14(19)13(18)12-4-3-7-21-12/h3-4,7-9H,5-6,10H2,1-2H3. The first kappa shape index (κ1) is 15.4. The van der Waals surface area contributed by atoms with E-state index in [1.54, 1.807) is 35.5 Å². The quantitative estimate of drug-likeness (QED) is 0.572. The first-order valence-corrected chi connectivity index (χ1v) is 7.33. The third-order valence-corrected chi connectivity index (χ3v) is 3.79. The van der Waals surface area contributed by atoms with Gasteiger partial charge in [-0.05, 0) is 11.4 Å². The summed E-state index contributed by atoms with van der Waals surface area (Å²) in [7, 11) is 3.37. The third kappa shape index (κ3) is 3.99. The van der Waals surface area contributed by atoms with Crippen molar-refractivity contribution >= 4 is 23.0 Å². The highest BCUT2D eigenvalue weighted by Gasteiger charge is 2.24. The summed E-state index contributed by atoms with van der Waals surface area (Å²) in [6.45, 7) is 1.08. The van der Waals surface area contributed by atoms with Crippen LogP contribution in [0.25, 0.3) is 0 Å². The summed E-state index contributed by atoms with van der Waals surface area (Å²) in [5.41, 5.74) is 0.876. The van der Waals surface area contributed by atoms with Gasteiger partial charge in [-0.2, -0.15) is 5.10 Å². The molecule has 0 atom stereocenters. The summed E-state index contributed by atoms with van der Waals surface area (Å²) in [6, 6.07) is 3.41. The van der Waals surface area contributed by atoms with Gasteiger partial charge in [0.1, 0.15) is 0 Å². The van der Waals surface area contributed by atoms with Crippen molar-refractivity contribution in [2.24, 2.45) is 7.05 Å². The zero-order valence-corrected chi connectivity index (χ0v) is 12.8. The average Bonchev–Trinajstić information content (AvgIpc) is 3.13. The Morgan fingerprint density at radius 3 is 2.86 bits per heavy atom. The molecule has 7 heteroatoms. The molecule has 0 aliphatic rings. The first-order valence-electron chi connectivity index (χ1n) is 6.45. The van der Waals surface area contributed by atoms with Crippen LogP contribution in [0, 0.1) is 0 Å². The summed E-state index contributed by atoms with van der Waals surface area (Å²) < 4.78 is 6.67. The molecule has 0 fully saturated rings. The molecule has 6 nitrogen and oxygen atoms in total. The molecule has 0 bridgehead atoms. The molecule has 21 heavy (non-hydrogen) atoms. The summed E-state index contributed by atoms with van der Waals surface area (Å²) in [5.74, 6) is -0.997. The van der Waals surface area contributed by atoms with Crippen LogP contribution in [0.2, 0.25) is 0 Å². The maximum atomic E-state index is 12.4. The number of Topliss-reactive ketones (excluding diaryl/α,β-unsaturated/α-hetero) is 1. The Kier molecular flexibility index (Phi) is 5.24. The molecule has 1 amide bonds. The number of methoxy groups -OCH3 is 1. The highest BCUT2D eigenvalue weighted by atomic mass is 32.1. The monoisotopic (exact) mass is 307 g/mol. The van der Waals surface area contributed by atoms with Crippen LogP contribution in [0.15, 0.2) is 29.9 Å². The highest BCUT2D eigenvalue weighted by molar-refractivity contribution is 7.12. The number of aromatic nitrogens is 2. The Balaban J connectivity index is 2.11. The lowest BCUT2D eigenvalue weighted by molar-refractivity contribution is -0.127. The molecule has 0 aliphatic carbocycles. The summed E-state index contributed by atoms with van der Waals surface area (Å²) in [5, 5.41) is 5.85. The van der Waals surface area contributed by atoms with E-state index in [4.69, 9.17) is 4.74 Å². The Labute approximate surface area is 126 Å². The fourth-order valence-corrected chi connectivity index (χ4v) is 2.54. The molecule has 112 valence electrons. The molecule has 2 aromatic heterocycles. The first-order chi connectivity index (χ1) is 10.1. The lowest BCUT2D eigenvalue weighted by Gasteiger charge is -2.20. The van der Waals surface area contributed by atoms with Crippen molar-refractivity contribution < 1.29 is 14.3 Å². The van der Waals surface area contributed by atoms with Crippen molar-refractivity contribution in [3.63, 3.8) is 0 Å². The van der Waals surface area contributed by atoms with Crippen LogP contribution in [0.3, 0.4) is 0 Å². The number of hydrogen-bond donors (Lipinski definition) is 0. The van der Waals surface area contributed by atoms with Crippen LogP contribution in [0.1, 0.15) is 15.2 Å². The largest absolute Gasteiger partial charge is 0.383 e. The van der Waals surface area contributed by atoms with E-state index in [0.717, 1.165) is 5.56 Å². The lowest BCUT2D eigenvalue weighted by Crippen LogP contribution is -2.38. The van der Waals surface area contributed by atoms with E-state index >= 15 is 0 Å². The molecule has 0 aliphatic heterocycles. The number of rotatable bonds is 7. The van der Waals surface area contributed by atoms with Crippen LogP contribution in [0.5, 0.6) is 0 Å². The lowest BCUT2D eigenvalue weighted by atomic mass is 10.2. The summed E-state index contributed by atoms with van der Waals surface area (Å²) in [4.78, 5) is 26.5. The number of carbonyl (C=O) groups is 2. The van der Waals surface area contributed by atoms with Gasteiger partial charge in [0.05, 0.1) is 17.7 Å². The van der Waals surface area contributed by atoms with Gasteiger partial charge in [0, 0.05) is 39.0 Å². The van der Waals surface area contributed by atoms with Crippen molar-refractivity contribution in [2.45, 2.75) is 6.54 Å². The maximum absolute atomic E-state index is 12.4. The summed E-state index contributed by atoms with van der Waals surface area (Å²) >= 11 is 1.27. The molecule has 0 N–H and O–H groups in total. The van der Waals surface area contributed by atoms with E-state index in [2.05, 4.69) is 5.10 Å².